The van der Waals surface area contributed by atoms with Gasteiger partial charge in [0.05, 0.1) is 6.57 Å². The van der Waals surface area contributed by atoms with Gasteiger partial charge in [0.1, 0.15) is 10.3 Å². The first-order valence-electron chi connectivity index (χ1n) is 6.46. The van der Waals surface area contributed by atoms with Crippen molar-refractivity contribution in [2.45, 2.75) is 0 Å². The van der Waals surface area contributed by atoms with Gasteiger partial charge in [0.15, 0.2) is 16.3 Å². The van der Waals surface area contributed by atoms with E-state index in [2.05, 4.69) is 20.0 Å². The number of halogens is 2. The number of hydrogen-bond donors (Lipinski definition) is 1. The van der Waals surface area contributed by atoms with Gasteiger partial charge >= 0.3 is 0 Å². The molecule has 3 aromatic rings. The van der Waals surface area contributed by atoms with E-state index < -0.39 is 0 Å². The van der Waals surface area contributed by atoms with Crippen molar-refractivity contribution in [1.29, 1.82) is 0 Å². The van der Waals surface area contributed by atoms with E-state index >= 15 is 0 Å². The summed E-state index contributed by atoms with van der Waals surface area (Å²) in [5, 5.41) is 7.57. The third-order valence-electron chi connectivity index (χ3n) is 3.33. The fourth-order valence-electron chi connectivity index (χ4n) is 2.24. The minimum atomic E-state index is 0.280. The summed E-state index contributed by atoms with van der Waals surface area (Å²) in [4.78, 5) is 7.43. The quantitative estimate of drug-likeness (QED) is 0.394. The van der Waals surface area contributed by atoms with Crippen molar-refractivity contribution in [2.24, 2.45) is 7.05 Å². The number of hydrogen-bond acceptors (Lipinski definition) is 3. The second-order valence-electron chi connectivity index (χ2n) is 4.75. The Bertz CT molecular complexity index is 980. The maximum absolute atomic E-state index is 7.23. The van der Waals surface area contributed by atoms with Gasteiger partial charge in [-0.2, -0.15) is 5.10 Å². The van der Waals surface area contributed by atoms with E-state index in [1.165, 1.54) is 0 Å². The summed E-state index contributed by atoms with van der Waals surface area (Å²) >= 11 is 17.2. The lowest BCUT2D eigenvalue weighted by Crippen LogP contribution is -1.95. The summed E-state index contributed by atoms with van der Waals surface area (Å²) < 4.78 is 2.27. The van der Waals surface area contributed by atoms with Crippen LogP contribution in [0.2, 0.25) is 10.3 Å². The molecule has 0 bridgehead atoms. The van der Waals surface area contributed by atoms with E-state index in [0.717, 1.165) is 16.7 Å². The molecule has 0 aliphatic heterocycles. The van der Waals surface area contributed by atoms with Gasteiger partial charge < -0.3 is 4.57 Å². The van der Waals surface area contributed by atoms with Crippen molar-refractivity contribution in [3.8, 4) is 22.5 Å². The number of aromatic nitrogens is 4. The molecule has 0 aliphatic rings. The Labute approximate surface area is 147 Å². The summed E-state index contributed by atoms with van der Waals surface area (Å²) in [5.74, 6) is 0.658. The SMILES string of the molecule is [C-]#[N+]c1ccc(-c2n[nH]c(=S)n2C)c(-c2cc(Cl)nc(Cl)c2)c1. The summed E-state index contributed by atoms with van der Waals surface area (Å²) in [6.45, 7) is 7.23. The Balaban J connectivity index is 2.32. The van der Waals surface area contributed by atoms with Crippen LogP contribution in [0.25, 0.3) is 27.4 Å². The van der Waals surface area contributed by atoms with Crippen LogP contribution in [0.15, 0.2) is 30.3 Å². The Morgan fingerprint density at radius 1 is 1.17 bits per heavy atom. The van der Waals surface area contributed by atoms with E-state index in [1.807, 2.05) is 13.1 Å². The summed E-state index contributed by atoms with van der Waals surface area (Å²) in [6, 6.07) is 8.72. The number of H-pyrrole nitrogens is 1. The van der Waals surface area contributed by atoms with Gasteiger partial charge in [0, 0.05) is 12.6 Å². The average Bonchev–Trinajstić information content (AvgIpc) is 2.85. The molecule has 0 aliphatic carbocycles. The fourth-order valence-corrected chi connectivity index (χ4v) is 2.84. The molecule has 0 amide bonds. The lowest BCUT2D eigenvalue weighted by Gasteiger charge is -2.11. The Morgan fingerprint density at radius 3 is 2.43 bits per heavy atom. The maximum Gasteiger partial charge on any atom is 0.195 e. The molecule has 114 valence electrons. The Kier molecular flexibility index (Phi) is 4.18. The highest BCUT2D eigenvalue weighted by Gasteiger charge is 2.14. The zero-order valence-corrected chi connectivity index (χ0v) is 14.2. The van der Waals surface area contributed by atoms with Crippen molar-refractivity contribution >= 4 is 41.1 Å². The molecule has 0 atom stereocenters. The van der Waals surface area contributed by atoms with Crippen molar-refractivity contribution in [1.82, 2.24) is 19.7 Å². The van der Waals surface area contributed by atoms with Crippen LogP contribution in [0.1, 0.15) is 0 Å². The number of aromatic amines is 1. The minimum Gasteiger partial charge on any atom is -0.303 e. The van der Waals surface area contributed by atoms with E-state index in [1.54, 1.807) is 28.8 Å². The van der Waals surface area contributed by atoms with Crippen molar-refractivity contribution in [3.63, 3.8) is 0 Å². The maximum atomic E-state index is 7.23. The molecule has 1 N–H and O–H groups in total. The third-order valence-corrected chi connectivity index (χ3v) is 4.08. The number of rotatable bonds is 2. The van der Waals surface area contributed by atoms with Gasteiger partial charge in [-0.05, 0) is 41.5 Å². The molecule has 0 spiro atoms. The highest BCUT2D eigenvalue weighted by Crippen LogP contribution is 2.35. The molecule has 2 aromatic heterocycles. The second kappa shape index (κ2) is 6.13. The molecule has 0 unspecified atom stereocenters. The highest BCUT2D eigenvalue weighted by atomic mass is 35.5. The smallest absolute Gasteiger partial charge is 0.195 e. The van der Waals surface area contributed by atoms with Crippen LogP contribution in [0.4, 0.5) is 5.69 Å². The van der Waals surface area contributed by atoms with Crippen LogP contribution < -0.4 is 0 Å². The van der Waals surface area contributed by atoms with Crippen LogP contribution in [-0.2, 0) is 7.05 Å². The number of nitrogens with zero attached hydrogens (tertiary/aromatic N) is 4. The van der Waals surface area contributed by atoms with E-state index in [4.69, 9.17) is 42.0 Å². The third kappa shape index (κ3) is 2.99. The fraction of sp³-hybridized carbons (Fsp3) is 0.0667. The minimum absolute atomic E-state index is 0.280. The van der Waals surface area contributed by atoms with E-state index in [0.29, 0.717) is 16.3 Å². The predicted octanol–water partition coefficient (Wildman–Crippen LogP) is 5.06. The Morgan fingerprint density at radius 2 is 1.87 bits per heavy atom. The molecule has 0 fully saturated rings. The van der Waals surface area contributed by atoms with Gasteiger partial charge in [-0.1, -0.05) is 35.3 Å². The molecule has 3 rings (SSSR count). The molecule has 0 saturated carbocycles. The first-order valence-corrected chi connectivity index (χ1v) is 7.63. The Hall–Kier alpha value is -2.20. The highest BCUT2D eigenvalue weighted by molar-refractivity contribution is 7.71. The van der Waals surface area contributed by atoms with Crippen LogP contribution >= 0.6 is 35.4 Å². The summed E-state index contributed by atoms with van der Waals surface area (Å²) in [5.41, 5.74) is 2.85. The molecule has 5 nitrogen and oxygen atoms in total. The van der Waals surface area contributed by atoms with Gasteiger partial charge in [-0.25, -0.2) is 9.83 Å². The normalized spacial score (nSPS) is 10.5. The van der Waals surface area contributed by atoms with Crippen LogP contribution in [-0.4, -0.2) is 19.7 Å². The molecule has 0 radical (unpaired) electrons. The van der Waals surface area contributed by atoms with Crippen molar-refractivity contribution in [2.75, 3.05) is 0 Å². The average molecular weight is 362 g/mol. The predicted molar refractivity (Wildman–Crippen MR) is 93.3 cm³/mol. The molecule has 1 aromatic carbocycles. The second-order valence-corrected chi connectivity index (χ2v) is 5.92. The standard InChI is InChI=1S/C15H9Cl2N5S/c1-18-9-3-4-10(14-20-21-15(23)22(14)2)11(7-9)8-5-12(16)19-13(17)6-8/h3-7H,2H3,(H,21,23). The monoisotopic (exact) mass is 361 g/mol. The molecular formula is C15H9Cl2N5S. The molecular weight excluding hydrogens is 353 g/mol. The van der Waals surface area contributed by atoms with Gasteiger partial charge in [0.2, 0.25) is 0 Å². The number of pyridine rings is 1. The molecule has 8 heteroatoms. The zero-order chi connectivity index (χ0) is 16.6. The first kappa shape index (κ1) is 15.7. The molecule has 2 heterocycles. The van der Waals surface area contributed by atoms with E-state index in [-0.39, 0.29) is 10.3 Å². The van der Waals surface area contributed by atoms with Crippen LogP contribution in [0.5, 0.6) is 0 Å². The van der Waals surface area contributed by atoms with Crippen molar-refractivity contribution < 1.29 is 0 Å². The zero-order valence-electron chi connectivity index (χ0n) is 11.8. The topological polar surface area (TPSA) is 50.9 Å². The summed E-state index contributed by atoms with van der Waals surface area (Å²) in [6.07, 6.45) is 0. The lowest BCUT2D eigenvalue weighted by atomic mass is 9.99. The largest absolute Gasteiger partial charge is 0.303 e. The molecule has 23 heavy (non-hydrogen) atoms. The first-order chi connectivity index (χ1) is 11.0. The van der Waals surface area contributed by atoms with Gasteiger partial charge in [-0.15, -0.1) is 0 Å². The summed E-state index contributed by atoms with van der Waals surface area (Å²) in [7, 11) is 1.82. The molecule has 0 saturated heterocycles. The van der Waals surface area contributed by atoms with Crippen LogP contribution in [0, 0.1) is 11.3 Å². The number of benzene rings is 1. The van der Waals surface area contributed by atoms with E-state index in [9.17, 15) is 0 Å². The van der Waals surface area contributed by atoms with Gasteiger partial charge in [-0.3, -0.25) is 5.10 Å². The lowest BCUT2D eigenvalue weighted by molar-refractivity contribution is 0.902. The van der Waals surface area contributed by atoms with Gasteiger partial charge in [0.25, 0.3) is 0 Å². The van der Waals surface area contributed by atoms with Crippen LogP contribution in [0.3, 0.4) is 0 Å². The number of nitrogens with one attached hydrogen (secondary N) is 1. The van der Waals surface area contributed by atoms with Crippen molar-refractivity contribution in [3.05, 3.63) is 56.8 Å².